The summed E-state index contributed by atoms with van der Waals surface area (Å²) in [6.45, 7) is 3.84. The third-order valence-electron chi connectivity index (χ3n) is 3.33. The fraction of sp³-hybridized carbons (Fsp3) is 0.500. The van der Waals surface area contributed by atoms with Gasteiger partial charge in [0.15, 0.2) is 0 Å². The zero-order valence-electron chi connectivity index (χ0n) is 10.7. The molecule has 1 atom stereocenters. The molecular formula is C14H21ClN2O. The van der Waals surface area contributed by atoms with E-state index in [0.29, 0.717) is 6.04 Å². The Balaban J connectivity index is 0.00000162. The van der Waals surface area contributed by atoms with Gasteiger partial charge < -0.3 is 10.6 Å². The molecule has 0 spiro atoms. The molecule has 4 heteroatoms. The zero-order chi connectivity index (χ0) is 12.1. The molecule has 1 aliphatic rings. The number of amides is 1. The van der Waals surface area contributed by atoms with Gasteiger partial charge in [-0.15, -0.1) is 12.4 Å². The topological polar surface area (TPSA) is 41.1 Å². The summed E-state index contributed by atoms with van der Waals surface area (Å²) in [5, 5.41) is 6.42. The van der Waals surface area contributed by atoms with Crippen LogP contribution in [0.4, 0.5) is 0 Å². The van der Waals surface area contributed by atoms with Gasteiger partial charge in [0.1, 0.15) is 0 Å². The molecule has 18 heavy (non-hydrogen) atoms. The molecule has 1 amide bonds. The predicted molar refractivity (Wildman–Crippen MR) is 76.4 cm³/mol. The number of hydrogen-bond acceptors (Lipinski definition) is 2. The minimum Gasteiger partial charge on any atom is -0.352 e. The van der Waals surface area contributed by atoms with E-state index >= 15 is 0 Å². The highest BCUT2D eigenvalue weighted by atomic mass is 35.5. The number of nitrogens with one attached hydrogen (secondary N) is 2. The number of hydrogen-bond donors (Lipinski definition) is 2. The van der Waals surface area contributed by atoms with E-state index < -0.39 is 0 Å². The fourth-order valence-electron chi connectivity index (χ4n) is 2.29. The van der Waals surface area contributed by atoms with Crippen LogP contribution in [0.25, 0.3) is 0 Å². The molecule has 1 aromatic rings. The minimum absolute atomic E-state index is 0. The van der Waals surface area contributed by atoms with E-state index in [1.807, 2.05) is 31.2 Å². The molecule has 0 radical (unpaired) electrons. The number of carbonyl (C=O) groups is 1. The van der Waals surface area contributed by atoms with Crippen LogP contribution in [0.2, 0.25) is 0 Å². The molecule has 100 valence electrons. The first kappa shape index (κ1) is 15.0. The zero-order valence-corrected chi connectivity index (χ0v) is 11.6. The first-order valence-electron chi connectivity index (χ1n) is 6.34. The normalized spacial score (nSPS) is 18.2. The molecule has 0 aromatic heterocycles. The second-order valence-electron chi connectivity index (χ2n) is 4.65. The molecular weight excluding hydrogens is 248 g/mol. The van der Waals surface area contributed by atoms with Crippen molar-refractivity contribution in [2.45, 2.75) is 32.2 Å². The van der Waals surface area contributed by atoms with Crippen LogP contribution >= 0.6 is 12.4 Å². The van der Waals surface area contributed by atoms with Crippen molar-refractivity contribution < 1.29 is 4.79 Å². The average molecular weight is 269 g/mol. The van der Waals surface area contributed by atoms with Gasteiger partial charge in [0, 0.05) is 18.2 Å². The first-order chi connectivity index (χ1) is 8.27. The molecule has 1 heterocycles. The van der Waals surface area contributed by atoms with E-state index in [-0.39, 0.29) is 18.3 Å². The van der Waals surface area contributed by atoms with Crippen molar-refractivity contribution in [2.24, 2.45) is 0 Å². The van der Waals surface area contributed by atoms with Gasteiger partial charge in [-0.25, -0.2) is 0 Å². The van der Waals surface area contributed by atoms with Gasteiger partial charge in [-0.3, -0.25) is 4.79 Å². The summed E-state index contributed by atoms with van der Waals surface area (Å²) in [5.74, 6) is 0.0427. The van der Waals surface area contributed by atoms with E-state index in [1.165, 1.54) is 12.8 Å². The molecule has 1 fully saturated rings. The second-order valence-corrected chi connectivity index (χ2v) is 4.65. The quantitative estimate of drug-likeness (QED) is 0.880. The summed E-state index contributed by atoms with van der Waals surface area (Å²) < 4.78 is 0. The van der Waals surface area contributed by atoms with Gasteiger partial charge in [0.05, 0.1) is 0 Å². The Hall–Kier alpha value is -1.06. The van der Waals surface area contributed by atoms with Crippen molar-refractivity contribution in [3.63, 3.8) is 0 Å². The van der Waals surface area contributed by atoms with E-state index in [9.17, 15) is 4.79 Å². The summed E-state index contributed by atoms with van der Waals surface area (Å²) in [6, 6.07) is 8.29. The van der Waals surface area contributed by atoms with Crippen LogP contribution in [0.3, 0.4) is 0 Å². The second kappa shape index (κ2) is 7.39. The van der Waals surface area contributed by atoms with Crippen LogP contribution in [0.5, 0.6) is 0 Å². The summed E-state index contributed by atoms with van der Waals surface area (Å²) in [5.41, 5.74) is 1.82. The third-order valence-corrected chi connectivity index (χ3v) is 3.33. The third kappa shape index (κ3) is 4.00. The lowest BCUT2D eigenvalue weighted by Gasteiger charge is -2.11. The summed E-state index contributed by atoms with van der Waals surface area (Å²) >= 11 is 0. The highest BCUT2D eigenvalue weighted by Gasteiger charge is 2.14. The average Bonchev–Trinajstić information content (AvgIpc) is 2.82. The first-order valence-corrected chi connectivity index (χ1v) is 6.34. The van der Waals surface area contributed by atoms with Crippen molar-refractivity contribution in [1.29, 1.82) is 0 Å². The van der Waals surface area contributed by atoms with Crippen LogP contribution in [0.15, 0.2) is 24.3 Å². The Morgan fingerprint density at radius 3 is 2.89 bits per heavy atom. The van der Waals surface area contributed by atoms with E-state index in [0.717, 1.165) is 30.6 Å². The van der Waals surface area contributed by atoms with Gasteiger partial charge in [-0.2, -0.15) is 0 Å². The van der Waals surface area contributed by atoms with Crippen LogP contribution < -0.4 is 10.6 Å². The van der Waals surface area contributed by atoms with Crippen molar-refractivity contribution in [2.75, 3.05) is 13.1 Å². The Morgan fingerprint density at radius 2 is 2.22 bits per heavy atom. The molecule has 3 nitrogen and oxygen atoms in total. The molecule has 2 N–H and O–H groups in total. The highest BCUT2D eigenvalue weighted by molar-refractivity contribution is 5.95. The van der Waals surface area contributed by atoms with Crippen molar-refractivity contribution in [3.8, 4) is 0 Å². The van der Waals surface area contributed by atoms with Gasteiger partial charge >= 0.3 is 0 Å². The molecule has 0 saturated carbocycles. The van der Waals surface area contributed by atoms with Gasteiger partial charge in [0.25, 0.3) is 5.91 Å². The van der Waals surface area contributed by atoms with Crippen LogP contribution in [-0.4, -0.2) is 25.0 Å². The maximum Gasteiger partial charge on any atom is 0.251 e. The van der Waals surface area contributed by atoms with Gasteiger partial charge in [-0.05, 0) is 44.4 Å². The Kier molecular flexibility index (Phi) is 6.16. The maximum absolute atomic E-state index is 11.9. The maximum atomic E-state index is 11.9. The number of aryl methyl sites for hydroxylation is 1. The highest BCUT2D eigenvalue weighted by Crippen LogP contribution is 2.09. The number of benzene rings is 1. The lowest BCUT2D eigenvalue weighted by molar-refractivity contribution is 0.0951. The summed E-state index contributed by atoms with van der Waals surface area (Å²) in [7, 11) is 0. The molecule has 2 rings (SSSR count). The Morgan fingerprint density at radius 1 is 1.44 bits per heavy atom. The monoisotopic (exact) mass is 268 g/mol. The van der Waals surface area contributed by atoms with Gasteiger partial charge in [-0.1, -0.05) is 18.2 Å². The van der Waals surface area contributed by atoms with Crippen LogP contribution in [0.1, 0.15) is 35.2 Å². The predicted octanol–water partition coefficient (Wildman–Crippen LogP) is 2.29. The number of rotatable bonds is 4. The minimum atomic E-state index is 0. The van der Waals surface area contributed by atoms with E-state index in [1.54, 1.807) is 0 Å². The standard InChI is InChI=1S/C14H20N2O.ClH/c1-11-5-2-3-7-13(11)14(17)16-10-8-12-6-4-9-15-12;/h2-3,5,7,12,15H,4,6,8-10H2,1H3,(H,16,17);1H/t12-;/m1./s1. The molecule has 0 bridgehead atoms. The lowest BCUT2D eigenvalue weighted by Crippen LogP contribution is -2.30. The van der Waals surface area contributed by atoms with Crippen molar-refractivity contribution in [3.05, 3.63) is 35.4 Å². The van der Waals surface area contributed by atoms with Gasteiger partial charge in [0.2, 0.25) is 0 Å². The fourth-order valence-corrected chi connectivity index (χ4v) is 2.29. The molecule has 1 aromatic carbocycles. The Labute approximate surface area is 115 Å². The molecule has 0 aliphatic carbocycles. The summed E-state index contributed by atoms with van der Waals surface area (Å²) in [4.78, 5) is 11.9. The summed E-state index contributed by atoms with van der Waals surface area (Å²) in [6.07, 6.45) is 3.52. The molecule has 1 saturated heterocycles. The number of halogens is 1. The van der Waals surface area contributed by atoms with E-state index in [2.05, 4.69) is 10.6 Å². The van der Waals surface area contributed by atoms with Crippen LogP contribution in [-0.2, 0) is 0 Å². The molecule has 1 aliphatic heterocycles. The Bertz CT molecular complexity index is 389. The van der Waals surface area contributed by atoms with Crippen molar-refractivity contribution in [1.82, 2.24) is 10.6 Å². The SMILES string of the molecule is Cc1ccccc1C(=O)NCC[C@H]1CCCN1.Cl. The van der Waals surface area contributed by atoms with E-state index in [4.69, 9.17) is 0 Å². The smallest absolute Gasteiger partial charge is 0.251 e. The van der Waals surface area contributed by atoms with Crippen molar-refractivity contribution >= 4 is 18.3 Å². The number of carbonyl (C=O) groups excluding carboxylic acids is 1. The lowest BCUT2D eigenvalue weighted by atomic mass is 10.1. The molecule has 0 unspecified atom stereocenters. The largest absolute Gasteiger partial charge is 0.352 e. The van der Waals surface area contributed by atoms with Crippen LogP contribution in [0, 0.1) is 6.92 Å².